The van der Waals surface area contributed by atoms with E-state index >= 15 is 0 Å². The van der Waals surface area contributed by atoms with Gasteiger partial charge < -0.3 is 10.1 Å². The first-order chi connectivity index (χ1) is 12.2. The number of fused-ring (bicyclic) bond motifs is 5. The van der Waals surface area contributed by atoms with E-state index in [1.165, 1.54) is 24.0 Å². The molecule has 134 valence electrons. The molecular weight excluding hydrogens is 334 g/mol. The molecule has 3 aliphatic rings. The van der Waals surface area contributed by atoms with Crippen molar-refractivity contribution in [3.63, 3.8) is 0 Å². The molecular formula is C19H19N3O4. The van der Waals surface area contributed by atoms with Gasteiger partial charge in [0.2, 0.25) is 17.7 Å². The second-order valence-electron chi connectivity index (χ2n) is 7.72. The average Bonchev–Trinajstić information content (AvgIpc) is 3.11. The summed E-state index contributed by atoms with van der Waals surface area (Å²) >= 11 is 0. The Bertz CT molecular complexity index is 871. The smallest absolute Gasteiger partial charge is 0.240 e. The fraction of sp³-hybridized carbons (Fsp3) is 0.474. The molecule has 0 radical (unpaired) electrons. The van der Waals surface area contributed by atoms with Gasteiger partial charge in [-0.2, -0.15) is 5.26 Å². The van der Waals surface area contributed by atoms with Gasteiger partial charge in [0.15, 0.2) is 0 Å². The molecule has 1 aromatic rings. The summed E-state index contributed by atoms with van der Waals surface area (Å²) in [6.45, 7) is 5.14. The van der Waals surface area contributed by atoms with Crippen molar-refractivity contribution in [2.45, 2.75) is 44.8 Å². The Kier molecular flexibility index (Phi) is 3.31. The Hall–Kier alpha value is -2.72. The normalized spacial score (nSPS) is 34.8. The van der Waals surface area contributed by atoms with E-state index in [9.17, 15) is 19.6 Å². The van der Waals surface area contributed by atoms with Crippen LogP contribution in [0.1, 0.15) is 39.2 Å². The van der Waals surface area contributed by atoms with Crippen LogP contribution in [0.5, 0.6) is 0 Å². The van der Waals surface area contributed by atoms with E-state index in [0.29, 0.717) is 5.69 Å². The lowest BCUT2D eigenvalue weighted by atomic mass is 9.69. The average molecular weight is 353 g/mol. The number of nitriles is 1. The lowest BCUT2D eigenvalue weighted by molar-refractivity contribution is -0.129. The summed E-state index contributed by atoms with van der Waals surface area (Å²) < 4.78 is 6.08. The molecule has 2 bridgehead atoms. The number of ether oxygens (including phenoxy) is 1. The van der Waals surface area contributed by atoms with Crippen LogP contribution in [0.25, 0.3) is 0 Å². The first kappa shape index (κ1) is 16.7. The van der Waals surface area contributed by atoms with E-state index in [4.69, 9.17) is 4.74 Å². The Labute approximate surface area is 150 Å². The van der Waals surface area contributed by atoms with Crippen molar-refractivity contribution in [2.75, 3.05) is 10.2 Å². The third-order valence-corrected chi connectivity index (χ3v) is 5.90. The van der Waals surface area contributed by atoms with Crippen molar-refractivity contribution in [1.29, 1.82) is 5.26 Å². The summed E-state index contributed by atoms with van der Waals surface area (Å²) in [6, 6.07) is 6.57. The van der Waals surface area contributed by atoms with E-state index in [-0.39, 0.29) is 29.0 Å². The van der Waals surface area contributed by atoms with E-state index in [1.54, 1.807) is 6.07 Å². The number of hydrogen-bond donors (Lipinski definition) is 1. The van der Waals surface area contributed by atoms with Crippen LogP contribution in [0.2, 0.25) is 0 Å². The Morgan fingerprint density at radius 1 is 1.23 bits per heavy atom. The molecule has 4 atom stereocenters. The number of hydrogen-bond acceptors (Lipinski definition) is 5. The van der Waals surface area contributed by atoms with Crippen molar-refractivity contribution in [3.05, 3.63) is 23.8 Å². The highest BCUT2D eigenvalue weighted by molar-refractivity contribution is 6.23. The van der Waals surface area contributed by atoms with E-state index in [2.05, 4.69) is 5.32 Å². The van der Waals surface area contributed by atoms with Crippen molar-refractivity contribution in [2.24, 2.45) is 11.8 Å². The van der Waals surface area contributed by atoms with Gasteiger partial charge in [-0.15, -0.1) is 0 Å². The second kappa shape index (κ2) is 5.15. The third-order valence-electron chi connectivity index (χ3n) is 5.90. The maximum absolute atomic E-state index is 13.1. The zero-order chi connectivity index (χ0) is 18.9. The van der Waals surface area contributed by atoms with Gasteiger partial charge >= 0.3 is 0 Å². The summed E-state index contributed by atoms with van der Waals surface area (Å²) in [5.41, 5.74) is -0.316. The SMILES string of the molecule is CC(=O)Nc1cc(N2C(=O)C3C(C2=O)C2(C)CCC3(C)O2)ccc1C#N. The number of rotatable bonds is 2. The zero-order valence-electron chi connectivity index (χ0n) is 14.8. The minimum Gasteiger partial charge on any atom is -0.367 e. The fourth-order valence-electron chi connectivity index (χ4n) is 4.78. The van der Waals surface area contributed by atoms with E-state index < -0.39 is 23.0 Å². The Morgan fingerprint density at radius 2 is 1.81 bits per heavy atom. The number of anilines is 2. The third kappa shape index (κ3) is 2.05. The topological polar surface area (TPSA) is 99.5 Å². The van der Waals surface area contributed by atoms with Gasteiger partial charge in [-0.05, 0) is 44.9 Å². The highest BCUT2D eigenvalue weighted by Crippen LogP contribution is 2.60. The summed E-state index contributed by atoms with van der Waals surface area (Å²) in [7, 11) is 0. The zero-order valence-corrected chi connectivity index (χ0v) is 14.8. The number of benzene rings is 1. The molecule has 26 heavy (non-hydrogen) atoms. The van der Waals surface area contributed by atoms with Crippen molar-refractivity contribution < 1.29 is 19.1 Å². The predicted octanol–water partition coefficient (Wildman–Crippen LogP) is 1.96. The van der Waals surface area contributed by atoms with Gasteiger partial charge in [-0.25, -0.2) is 4.90 Å². The van der Waals surface area contributed by atoms with Crippen molar-refractivity contribution in [3.8, 4) is 6.07 Å². The molecule has 0 aliphatic carbocycles. The number of carbonyl (C=O) groups is 3. The minimum atomic E-state index is -0.617. The van der Waals surface area contributed by atoms with Crippen molar-refractivity contribution >= 4 is 29.1 Å². The van der Waals surface area contributed by atoms with Gasteiger partial charge in [-0.3, -0.25) is 14.4 Å². The van der Waals surface area contributed by atoms with Crippen LogP contribution in [0.15, 0.2) is 18.2 Å². The molecule has 0 spiro atoms. The van der Waals surface area contributed by atoms with Gasteiger partial charge in [0.05, 0.1) is 40.0 Å². The molecule has 1 aromatic carbocycles. The maximum Gasteiger partial charge on any atom is 0.240 e. The maximum atomic E-state index is 13.1. The van der Waals surface area contributed by atoms with Crippen LogP contribution >= 0.6 is 0 Å². The molecule has 3 amide bonds. The minimum absolute atomic E-state index is 0.269. The molecule has 1 N–H and O–H groups in total. The molecule has 0 aromatic heterocycles. The van der Waals surface area contributed by atoms with Gasteiger partial charge in [0.25, 0.3) is 0 Å². The summed E-state index contributed by atoms with van der Waals surface area (Å²) in [6.07, 6.45) is 1.50. The van der Waals surface area contributed by atoms with Crippen LogP contribution in [-0.2, 0) is 19.1 Å². The Morgan fingerprint density at radius 3 is 2.31 bits per heavy atom. The van der Waals surface area contributed by atoms with Crippen LogP contribution in [0.3, 0.4) is 0 Å². The van der Waals surface area contributed by atoms with Gasteiger partial charge in [-0.1, -0.05) is 0 Å². The largest absolute Gasteiger partial charge is 0.367 e. The first-order valence-corrected chi connectivity index (χ1v) is 8.60. The number of carbonyl (C=O) groups excluding carboxylic acids is 3. The number of imide groups is 1. The number of nitrogens with zero attached hydrogens (tertiary/aromatic N) is 2. The fourth-order valence-corrected chi connectivity index (χ4v) is 4.78. The molecule has 4 unspecified atom stereocenters. The lowest BCUT2D eigenvalue weighted by Crippen LogP contribution is -2.40. The Balaban J connectivity index is 1.76. The summed E-state index contributed by atoms with van der Waals surface area (Å²) in [4.78, 5) is 38.8. The van der Waals surface area contributed by atoms with E-state index in [1.807, 2.05) is 19.9 Å². The van der Waals surface area contributed by atoms with Crippen molar-refractivity contribution in [1.82, 2.24) is 0 Å². The lowest BCUT2D eigenvalue weighted by Gasteiger charge is -2.27. The molecule has 4 rings (SSSR count). The highest BCUT2D eigenvalue weighted by Gasteiger charge is 2.72. The second-order valence-corrected chi connectivity index (χ2v) is 7.72. The van der Waals surface area contributed by atoms with E-state index in [0.717, 1.165) is 12.8 Å². The van der Waals surface area contributed by atoms with Gasteiger partial charge in [0.1, 0.15) is 6.07 Å². The monoisotopic (exact) mass is 353 g/mol. The predicted molar refractivity (Wildman–Crippen MR) is 92.1 cm³/mol. The van der Waals surface area contributed by atoms with Crippen LogP contribution in [0, 0.1) is 23.2 Å². The van der Waals surface area contributed by atoms with Crippen LogP contribution < -0.4 is 10.2 Å². The number of nitrogens with one attached hydrogen (secondary N) is 1. The molecule has 3 fully saturated rings. The van der Waals surface area contributed by atoms with Gasteiger partial charge in [0, 0.05) is 6.92 Å². The molecule has 3 heterocycles. The molecule has 3 aliphatic heterocycles. The summed E-state index contributed by atoms with van der Waals surface area (Å²) in [5, 5.41) is 11.8. The summed E-state index contributed by atoms with van der Waals surface area (Å²) in [5.74, 6) is -1.86. The standard InChI is InChI=1S/C19H19N3O4/c1-10(23)21-13-8-12(5-4-11(13)9-20)22-16(24)14-15(17(22)25)19(3)7-6-18(14,2)26-19/h4-5,8,14-15H,6-7H2,1-3H3,(H,21,23). The van der Waals surface area contributed by atoms with Crippen LogP contribution in [-0.4, -0.2) is 28.9 Å². The molecule has 7 nitrogen and oxygen atoms in total. The molecule has 0 saturated carbocycles. The molecule has 7 heteroatoms. The quantitative estimate of drug-likeness (QED) is 0.820. The van der Waals surface area contributed by atoms with Crippen LogP contribution in [0.4, 0.5) is 11.4 Å². The highest BCUT2D eigenvalue weighted by atomic mass is 16.5. The first-order valence-electron chi connectivity index (χ1n) is 8.60. The number of amides is 3. The molecule has 3 saturated heterocycles.